The highest BCUT2D eigenvalue weighted by Gasteiger charge is 2.13. The van der Waals surface area contributed by atoms with Gasteiger partial charge in [0.1, 0.15) is 6.33 Å². The van der Waals surface area contributed by atoms with Crippen molar-refractivity contribution >= 4 is 5.97 Å². The van der Waals surface area contributed by atoms with Crippen LogP contribution in [-0.4, -0.2) is 21.0 Å². The molecule has 5 heteroatoms. The van der Waals surface area contributed by atoms with Crippen LogP contribution in [0, 0.1) is 6.92 Å². The van der Waals surface area contributed by atoms with E-state index in [0.717, 1.165) is 5.69 Å². The molecule has 1 rings (SSSR count). The number of nitrogens with two attached hydrogens (primary N) is 1. The molecule has 0 fully saturated rings. The van der Waals surface area contributed by atoms with Crippen LogP contribution in [0.3, 0.4) is 0 Å². The van der Waals surface area contributed by atoms with E-state index in [-0.39, 0.29) is 6.42 Å². The van der Waals surface area contributed by atoms with E-state index < -0.39 is 12.0 Å². The number of hydrogen-bond donors (Lipinski definition) is 2. The Balaban J connectivity index is 2.82. The minimum Gasteiger partial charge on any atom is -0.481 e. The summed E-state index contributed by atoms with van der Waals surface area (Å²) in [7, 11) is 0. The van der Waals surface area contributed by atoms with Gasteiger partial charge in [-0.1, -0.05) is 0 Å². The molecule has 1 unspecified atom stereocenters. The van der Waals surface area contributed by atoms with E-state index in [1.807, 2.05) is 0 Å². The molecule has 0 aliphatic rings. The molecular weight excluding hydrogens is 170 g/mol. The first kappa shape index (κ1) is 9.60. The first-order valence-corrected chi connectivity index (χ1v) is 3.85. The second-order valence-corrected chi connectivity index (χ2v) is 2.77. The Hall–Kier alpha value is -1.49. The SMILES string of the molecule is Cc1ncncc1C(N)CC(=O)O. The Morgan fingerprint density at radius 2 is 2.46 bits per heavy atom. The monoisotopic (exact) mass is 181 g/mol. The standard InChI is InChI=1S/C8H11N3O2/c1-5-6(3-10-4-11-5)7(9)2-8(12)13/h3-4,7H,2,9H2,1H3,(H,12,13). The van der Waals surface area contributed by atoms with Crippen molar-refractivity contribution in [1.29, 1.82) is 0 Å². The van der Waals surface area contributed by atoms with Crippen molar-refractivity contribution in [2.24, 2.45) is 5.73 Å². The minimum absolute atomic E-state index is 0.103. The molecular formula is C8H11N3O2. The van der Waals surface area contributed by atoms with Gasteiger partial charge in [0.15, 0.2) is 0 Å². The number of carboxylic acid groups (broad SMARTS) is 1. The van der Waals surface area contributed by atoms with Gasteiger partial charge in [0, 0.05) is 23.5 Å². The van der Waals surface area contributed by atoms with Crippen LogP contribution in [-0.2, 0) is 4.79 Å². The third kappa shape index (κ3) is 2.48. The fourth-order valence-electron chi connectivity index (χ4n) is 1.06. The summed E-state index contributed by atoms with van der Waals surface area (Å²) < 4.78 is 0. The molecule has 0 aromatic carbocycles. The summed E-state index contributed by atoms with van der Waals surface area (Å²) in [6.07, 6.45) is 2.86. The van der Waals surface area contributed by atoms with Crippen LogP contribution >= 0.6 is 0 Å². The van der Waals surface area contributed by atoms with Crippen LogP contribution in [0.4, 0.5) is 0 Å². The third-order valence-electron chi connectivity index (χ3n) is 1.74. The highest BCUT2D eigenvalue weighted by Crippen LogP contribution is 2.14. The average molecular weight is 181 g/mol. The first-order valence-electron chi connectivity index (χ1n) is 3.85. The molecule has 0 aliphatic heterocycles. The summed E-state index contributed by atoms with van der Waals surface area (Å²) >= 11 is 0. The van der Waals surface area contributed by atoms with E-state index in [9.17, 15) is 4.79 Å². The van der Waals surface area contributed by atoms with Gasteiger partial charge in [0.05, 0.1) is 6.42 Å². The summed E-state index contributed by atoms with van der Waals surface area (Å²) in [4.78, 5) is 18.1. The predicted octanol–water partition coefficient (Wildman–Crippen LogP) is 0.260. The van der Waals surface area contributed by atoms with Gasteiger partial charge in [-0.3, -0.25) is 4.79 Å². The van der Waals surface area contributed by atoms with E-state index in [0.29, 0.717) is 5.56 Å². The Morgan fingerprint density at radius 1 is 1.77 bits per heavy atom. The van der Waals surface area contributed by atoms with Crippen molar-refractivity contribution in [1.82, 2.24) is 9.97 Å². The fourth-order valence-corrected chi connectivity index (χ4v) is 1.06. The molecule has 0 radical (unpaired) electrons. The van der Waals surface area contributed by atoms with E-state index >= 15 is 0 Å². The summed E-state index contributed by atoms with van der Waals surface area (Å²) in [5, 5.41) is 8.52. The lowest BCUT2D eigenvalue weighted by Gasteiger charge is -2.10. The highest BCUT2D eigenvalue weighted by molar-refractivity contribution is 5.67. The lowest BCUT2D eigenvalue weighted by Crippen LogP contribution is -2.16. The second kappa shape index (κ2) is 3.95. The molecule has 0 aliphatic carbocycles. The number of nitrogens with zero attached hydrogens (tertiary/aromatic N) is 2. The van der Waals surface area contributed by atoms with Gasteiger partial charge in [-0.15, -0.1) is 0 Å². The lowest BCUT2D eigenvalue weighted by molar-refractivity contribution is -0.137. The average Bonchev–Trinajstić information content (AvgIpc) is 2.03. The first-order chi connectivity index (χ1) is 6.11. The molecule has 1 atom stereocenters. The molecule has 0 saturated heterocycles. The van der Waals surface area contributed by atoms with E-state index in [4.69, 9.17) is 10.8 Å². The van der Waals surface area contributed by atoms with E-state index in [1.165, 1.54) is 6.33 Å². The Labute approximate surface area is 75.6 Å². The number of carboxylic acids is 1. The van der Waals surface area contributed by atoms with Crippen molar-refractivity contribution in [3.63, 3.8) is 0 Å². The highest BCUT2D eigenvalue weighted by atomic mass is 16.4. The number of aliphatic carboxylic acids is 1. The zero-order valence-electron chi connectivity index (χ0n) is 7.27. The van der Waals surface area contributed by atoms with Crippen LogP contribution < -0.4 is 5.73 Å². The van der Waals surface area contributed by atoms with Gasteiger partial charge in [-0.25, -0.2) is 9.97 Å². The quantitative estimate of drug-likeness (QED) is 0.698. The molecule has 1 aromatic heterocycles. The molecule has 3 N–H and O–H groups in total. The molecule has 0 amide bonds. The molecule has 0 saturated carbocycles. The van der Waals surface area contributed by atoms with Crippen molar-refractivity contribution in [3.05, 3.63) is 23.8 Å². The van der Waals surface area contributed by atoms with Gasteiger partial charge in [-0.05, 0) is 6.92 Å². The van der Waals surface area contributed by atoms with Crippen LogP contribution in [0.1, 0.15) is 23.7 Å². The topological polar surface area (TPSA) is 89.1 Å². The second-order valence-electron chi connectivity index (χ2n) is 2.77. The molecule has 0 bridgehead atoms. The smallest absolute Gasteiger partial charge is 0.305 e. The van der Waals surface area contributed by atoms with Crippen LogP contribution in [0.5, 0.6) is 0 Å². The summed E-state index contributed by atoms with van der Waals surface area (Å²) in [6, 6.07) is -0.529. The van der Waals surface area contributed by atoms with Crippen molar-refractivity contribution in [2.45, 2.75) is 19.4 Å². The maximum absolute atomic E-state index is 10.4. The van der Waals surface area contributed by atoms with Gasteiger partial charge in [0.2, 0.25) is 0 Å². The van der Waals surface area contributed by atoms with Gasteiger partial charge >= 0.3 is 5.97 Å². The molecule has 5 nitrogen and oxygen atoms in total. The minimum atomic E-state index is -0.921. The number of hydrogen-bond acceptors (Lipinski definition) is 4. The summed E-state index contributed by atoms with van der Waals surface area (Å²) in [5.74, 6) is -0.921. The molecule has 0 spiro atoms. The number of rotatable bonds is 3. The number of carbonyl (C=O) groups is 1. The lowest BCUT2D eigenvalue weighted by atomic mass is 10.1. The number of aromatic nitrogens is 2. The molecule has 70 valence electrons. The molecule has 1 aromatic rings. The largest absolute Gasteiger partial charge is 0.481 e. The van der Waals surface area contributed by atoms with Crippen LogP contribution in [0.25, 0.3) is 0 Å². The Morgan fingerprint density at radius 3 is 3.00 bits per heavy atom. The van der Waals surface area contributed by atoms with E-state index in [2.05, 4.69) is 9.97 Å². The van der Waals surface area contributed by atoms with Crippen molar-refractivity contribution < 1.29 is 9.90 Å². The third-order valence-corrected chi connectivity index (χ3v) is 1.74. The van der Waals surface area contributed by atoms with Crippen LogP contribution in [0.15, 0.2) is 12.5 Å². The van der Waals surface area contributed by atoms with E-state index in [1.54, 1.807) is 13.1 Å². The zero-order chi connectivity index (χ0) is 9.84. The van der Waals surface area contributed by atoms with Gasteiger partial charge < -0.3 is 10.8 Å². The van der Waals surface area contributed by atoms with Crippen molar-refractivity contribution in [3.8, 4) is 0 Å². The molecule has 1 heterocycles. The van der Waals surface area contributed by atoms with Crippen molar-refractivity contribution in [2.75, 3.05) is 0 Å². The van der Waals surface area contributed by atoms with Gasteiger partial charge in [0.25, 0.3) is 0 Å². The fraction of sp³-hybridized carbons (Fsp3) is 0.375. The Bertz CT molecular complexity index is 314. The predicted molar refractivity (Wildman–Crippen MR) is 46.0 cm³/mol. The molecule has 13 heavy (non-hydrogen) atoms. The summed E-state index contributed by atoms with van der Waals surface area (Å²) in [6.45, 7) is 1.78. The number of aryl methyl sites for hydroxylation is 1. The summed E-state index contributed by atoms with van der Waals surface area (Å²) in [5.41, 5.74) is 7.05. The maximum Gasteiger partial charge on any atom is 0.305 e. The van der Waals surface area contributed by atoms with Gasteiger partial charge in [-0.2, -0.15) is 0 Å². The maximum atomic E-state index is 10.4. The normalized spacial score (nSPS) is 12.5. The van der Waals surface area contributed by atoms with Crippen LogP contribution in [0.2, 0.25) is 0 Å². The Kier molecular flexibility index (Phi) is 2.92. The zero-order valence-corrected chi connectivity index (χ0v) is 7.27.